The average Bonchev–Trinajstić information content (AvgIpc) is 1.84. The Morgan fingerprint density at radius 2 is 1.80 bits per heavy atom. The molecule has 0 aromatic heterocycles. The van der Waals surface area contributed by atoms with E-state index in [0.717, 1.165) is 0 Å². The standard InChI is InChI=1S/C7H15NO2/c1-4(6(3)8)5(2)7(9)10/h4-6H,8H2,1-3H3,(H,9,10)/t4-,5-,6-/m1/s1. The van der Waals surface area contributed by atoms with Gasteiger partial charge < -0.3 is 10.8 Å². The molecule has 0 aromatic carbocycles. The van der Waals surface area contributed by atoms with E-state index in [4.69, 9.17) is 10.8 Å². The van der Waals surface area contributed by atoms with Crippen LogP contribution >= 0.6 is 0 Å². The van der Waals surface area contributed by atoms with Crippen LogP contribution in [0.15, 0.2) is 0 Å². The summed E-state index contributed by atoms with van der Waals surface area (Å²) < 4.78 is 0. The third-order valence-corrected chi connectivity index (χ3v) is 2.01. The van der Waals surface area contributed by atoms with E-state index < -0.39 is 5.97 Å². The van der Waals surface area contributed by atoms with Gasteiger partial charge in [0.15, 0.2) is 0 Å². The first kappa shape index (κ1) is 9.43. The maximum Gasteiger partial charge on any atom is 0.306 e. The first-order chi connectivity index (χ1) is 4.46. The summed E-state index contributed by atoms with van der Waals surface area (Å²) in [7, 11) is 0. The number of carboxylic acid groups (broad SMARTS) is 1. The number of carbonyl (C=O) groups is 1. The summed E-state index contributed by atoms with van der Waals surface area (Å²) in [4.78, 5) is 10.4. The van der Waals surface area contributed by atoms with E-state index >= 15 is 0 Å². The van der Waals surface area contributed by atoms with Gasteiger partial charge in [0.25, 0.3) is 0 Å². The second kappa shape index (κ2) is 3.56. The molecular weight excluding hydrogens is 130 g/mol. The van der Waals surface area contributed by atoms with Gasteiger partial charge in [-0.3, -0.25) is 4.79 Å². The Bertz CT molecular complexity index is 123. The summed E-state index contributed by atoms with van der Waals surface area (Å²) in [6, 6.07) is -0.0499. The van der Waals surface area contributed by atoms with E-state index in [1.807, 2.05) is 13.8 Å². The van der Waals surface area contributed by atoms with Gasteiger partial charge >= 0.3 is 5.97 Å². The van der Waals surface area contributed by atoms with Crippen LogP contribution in [0.4, 0.5) is 0 Å². The van der Waals surface area contributed by atoms with Crippen LogP contribution in [-0.2, 0) is 4.79 Å². The minimum absolute atomic E-state index is 0.0394. The first-order valence-corrected chi connectivity index (χ1v) is 3.45. The molecule has 0 saturated carbocycles. The van der Waals surface area contributed by atoms with Gasteiger partial charge in [-0.2, -0.15) is 0 Å². The summed E-state index contributed by atoms with van der Waals surface area (Å²) in [5, 5.41) is 8.55. The van der Waals surface area contributed by atoms with E-state index in [2.05, 4.69) is 0 Å². The lowest BCUT2D eigenvalue weighted by Gasteiger charge is -2.19. The van der Waals surface area contributed by atoms with Crippen LogP contribution in [0.25, 0.3) is 0 Å². The molecule has 0 fully saturated rings. The maximum absolute atomic E-state index is 10.4. The Kier molecular flexibility index (Phi) is 3.36. The van der Waals surface area contributed by atoms with Crippen molar-refractivity contribution in [3.63, 3.8) is 0 Å². The number of aliphatic carboxylic acids is 1. The van der Waals surface area contributed by atoms with Crippen molar-refractivity contribution in [2.75, 3.05) is 0 Å². The van der Waals surface area contributed by atoms with E-state index in [0.29, 0.717) is 0 Å². The molecule has 3 heteroatoms. The summed E-state index contributed by atoms with van der Waals surface area (Å²) in [6.45, 7) is 5.35. The highest BCUT2D eigenvalue weighted by molar-refractivity contribution is 5.69. The molecule has 0 spiro atoms. The molecule has 0 aromatic rings. The Labute approximate surface area is 61.2 Å². The molecule has 60 valence electrons. The summed E-state index contributed by atoms with van der Waals surface area (Å²) in [5.41, 5.74) is 5.51. The van der Waals surface area contributed by atoms with Gasteiger partial charge in [-0.1, -0.05) is 13.8 Å². The molecule has 0 heterocycles. The van der Waals surface area contributed by atoms with Crippen LogP contribution in [0.2, 0.25) is 0 Å². The minimum atomic E-state index is -0.773. The number of hydrogen-bond donors (Lipinski definition) is 2. The van der Waals surface area contributed by atoms with Crippen molar-refractivity contribution in [3.8, 4) is 0 Å². The number of hydrogen-bond acceptors (Lipinski definition) is 2. The zero-order chi connectivity index (χ0) is 8.31. The van der Waals surface area contributed by atoms with E-state index in [1.54, 1.807) is 6.92 Å². The fourth-order valence-corrected chi connectivity index (χ4v) is 0.680. The van der Waals surface area contributed by atoms with Gasteiger partial charge in [-0.15, -0.1) is 0 Å². The highest BCUT2D eigenvalue weighted by atomic mass is 16.4. The molecule has 0 bridgehead atoms. The third-order valence-electron chi connectivity index (χ3n) is 2.01. The topological polar surface area (TPSA) is 63.3 Å². The van der Waals surface area contributed by atoms with Crippen molar-refractivity contribution in [1.82, 2.24) is 0 Å². The van der Waals surface area contributed by atoms with Gasteiger partial charge in [0.05, 0.1) is 5.92 Å². The summed E-state index contributed by atoms with van der Waals surface area (Å²) in [5.74, 6) is -1.08. The van der Waals surface area contributed by atoms with E-state index in [9.17, 15) is 4.79 Å². The second-order valence-electron chi connectivity index (χ2n) is 2.85. The van der Waals surface area contributed by atoms with Crippen molar-refractivity contribution in [2.45, 2.75) is 26.8 Å². The zero-order valence-corrected chi connectivity index (χ0v) is 6.66. The largest absolute Gasteiger partial charge is 0.481 e. The highest BCUT2D eigenvalue weighted by Gasteiger charge is 2.21. The first-order valence-electron chi connectivity index (χ1n) is 3.45. The van der Waals surface area contributed by atoms with Crippen LogP contribution in [0.3, 0.4) is 0 Å². The maximum atomic E-state index is 10.4. The summed E-state index contributed by atoms with van der Waals surface area (Å²) in [6.07, 6.45) is 0. The van der Waals surface area contributed by atoms with Gasteiger partial charge in [-0.05, 0) is 12.8 Å². The Morgan fingerprint density at radius 3 is 1.90 bits per heavy atom. The van der Waals surface area contributed by atoms with Crippen LogP contribution in [0.1, 0.15) is 20.8 Å². The lowest BCUT2D eigenvalue weighted by Crippen LogP contribution is -2.32. The molecule has 0 unspecified atom stereocenters. The van der Waals surface area contributed by atoms with Crippen molar-refractivity contribution in [2.24, 2.45) is 17.6 Å². The molecular formula is C7H15NO2. The summed E-state index contributed by atoms with van der Waals surface area (Å²) >= 11 is 0. The number of rotatable bonds is 3. The predicted molar refractivity (Wildman–Crippen MR) is 39.6 cm³/mol. The minimum Gasteiger partial charge on any atom is -0.481 e. The molecule has 0 amide bonds. The van der Waals surface area contributed by atoms with Crippen LogP contribution in [0, 0.1) is 11.8 Å². The Hall–Kier alpha value is -0.570. The molecule has 0 radical (unpaired) electrons. The molecule has 0 rings (SSSR count). The molecule has 0 aliphatic rings. The number of nitrogens with two attached hydrogens (primary N) is 1. The van der Waals surface area contributed by atoms with Crippen molar-refractivity contribution in [1.29, 1.82) is 0 Å². The Morgan fingerprint density at radius 1 is 1.40 bits per heavy atom. The van der Waals surface area contributed by atoms with E-state index in [-0.39, 0.29) is 17.9 Å². The smallest absolute Gasteiger partial charge is 0.306 e. The Balaban J connectivity index is 3.94. The average molecular weight is 145 g/mol. The molecule has 3 atom stereocenters. The lowest BCUT2D eigenvalue weighted by atomic mass is 9.90. The molecule has 3 nitrogen and oxygen atoms in total. The van der Waals surface area contributed by atoms with Gasteiger partial charge in [0, 0.05) is 6.04 Å². The van der Waals surface area contributed by atoms with Crippen LogP contribution in [0.5, 0.6) is 0 Å². The van der Waals surface area contributed by atoms with Gasteiger partial charge in [0.2, 0.25) is 0 Å². The van der Waals surface area contributed by atoms with Crippen LogP contribution < -0.4 is 5.73 Å². The van der Waals surface area contributed by atoms with Gasteiger partial charge in [-0.25, -0.2) is 0 Å². The van der Waals surface area contributed by atoms with Crippen LogP contribution in [-0.4, -0.2) is 17.1 Å². The molecule has 0 saturated heterocycles. The number of carboxylic acids is 1. The molecule has 0 aliphatic carbocycles. The van der Waals surface area contributed by atoms with Crippen molar-refractivity contribution < 1.29 is 9.90 Å². The quantitative estimate of drug-likeness (QED) is 0.614. The second-order valence-corrected chi connectivity index (χ2v) is 2.85. The zero-order valence-electron chi connectivity index (χ0n) is 6.66. The highest BCUT2D eigenvalue weighted by Crippen LogP contribution is 2.13. The van der Waals surface area contributed by atoms with E-state index in [1.165, 1.54) is 0 Å². The van der Waals surface area contributed by atoms with Gasteiger partial charge in [0.1, 0.15) is 0 Å². The fraction of sp³-hybridized carbons (Fsp3) is 0.857. The fourth-order valence-electron chi connectivity index (χ4n) is 0.680. The molecule has 0 aliphatic heterocycles. The predicted octanol–water partition coefficient (Wildman–Crippen LogP) is 0.690. The lowest BCUT2D eigenvalue weighted by molar-refractivity contribution is -0.142. The van der Waals surface area contributed by atoms with Crippen molar-refractivity contribution in [3.05, 3.63) is 0 Å². The normalized spacial score (nSPS) is 19.6. The SMILES string of the molecule is C[C@@H]([C@@H](C)N)[C@@H](C)C(=O)O. The monoisotopic (exact) mass is 145 g/mol. The molecule has 3 N–H and O–H groups in total. The van der Waals surface area contributed by atoms with Crippen molar-refractivity contribution >= 4 is 5.97 Å². The molecule has 10 heavy (non-hydrogen) atoms. The third kappa shape index (κ3) is 2.35.